The number of carbonyl (C=O) groups is 1. The zero-order valence-corrected chi connectivity index (χ0v) is 15.5. The van der Waals surface area contributed by atoms with E-state index < -0.39 is 29.1 Å². The highest BCUT2D eigenvalue weighted by atomic mass is 19.4. The number of alkyl halides is 3. The third-order valence-electron chi connectivity index (χ3n) is 3.54. The molecular formula is C17H20F3N3O4. The number of hydrogen-bond acceptors (Lipinski definition) is 5. The van der Waals surface area contributed by atoms with Gasteiger partial charge in [0.15, 0.2) is 5.69 Å². The molecule has 1 N–H and O–H groups in total. The molecule has 0 aromatic carbocycles. The SMILES string of the molecule is CCOc1cnc(Oc2c(C)c(C(=O)O)nn2C(C)(C)C)c(C(F)(F)F)c1. The standard InChI is InChI=1S/C17H20F3N3O4/c1-6-26-10-7-11(17(18,19)20)13(21-8-10)27-14-9(2)12(15(24)25)22-23(14)16(3,4)5/h7-8H,6H2,1-5H3,(H,24,25). The summed E-state index contributed by atoms with van der Waals surface area (Å²) in [5.41, 5.74) is -2.08. The number of aromatic carboxylic acids is 1. The molecule has 2 rings (SSSR count). The lowest BCUT2D eigenvalue weighted by Crippen LogP contribution is -2.24. The van der Waals surface area contributed by atoms with Gasteiger partial charge < -0.3 is 14.6 Å². The summed E-state index contributed by atoms with van der Waals surface area (Å²) in [4.78, 5) is 15.1. The van der Waals surface area contributed by atoms with E-state index in [-0.39, 0.29) is 29.5 Å². The number of carboxylic acids is 1. The predicted molar refractivity (Wildman–Crippen MR) is 89.4 cm³/mol. The molecule has 0 atom stereocenters. The summed E-state index contributed by atoms with van der Waals surface area (Å²) in [6.07, 6.45) is -3.63. The van der Waals surface area contributed by atoms with Crippen molar-refractivity contribution in [3.63, 3.8) is 0 Å². The number of rotatable bonds is 5. The molecule has 0 saturated carbocycles. The molecule has 0 aliphatic heterocycles. The number of hydrogen-bond donors (Lipinski definition) is 1. The van der Waals surface area contributed by atoms with E-state index in [1.54, 1.807) is 27.7 Å². The lowest BCUT2D eigenvalue weighted by Gasteiger charge is -2.22. The van der Waals surface area contributed by atoms with Crippen molar-refractivity contribution in [3.8, 4) is 17.5 Å². The van der Waals surface area contributed by atoms with Gasteiger partial charge in [0, 0.05) is 5.56 Å². The van der Waals surface area contributed by atoms with Crippen LogP contribution in [0.25, 0.3) is 0 Å². The zero-order chi connectivity index (χ0) is 20.6. The van der Waals surface area contributed by atoms with Crippen molar-refractivity contribution in [2.24, 2.45) is 0 Å². The quantitative estimate of drug-likeness (QED) is 0.825. The van der Waals surface area contributed by atoms with Gasteiger partial charge in [-0.15, -0.1) is 0 Å². The Labute approximate surface area is 153 Å². The maximum atomic E-state index is 13.4. The van der Waals surface area contributed by atoms with Crippen LogP contribution >= 0.6 is 0 Å². The van der Waals surface area contributed by atoms with Crippen LogP contribution < -0.4 is 9.47 Å². The highest BCUT2D eigenvalue weighted by Crippen LogP contribution is 2.40. The summed E-state index contributed by atoms with van der Waals surface area (Å²) in [6.45, 7) is 8.37. The molecule has 0 spiro atoms. The summed E-state index contributed by atoms with van der Waals surface area (Å²) in [7, 11) is 0. The summed E-state index contributed by atoms with van der Waals surface area (Å²) >= 11 is 0. The molecular weight excluding hydrogens is 367 g/mol. The highest BCUT2D eigenvalue weighted by Gasteiger charge is 2.37. The lowest BCUT2D eigenvalue weighted by molar-refractivity contribution is -0.139. The van der Waals surface area contributed by atoms with Crippen molar-refractivity contribution in [3.05, 3.63) is 29.1 Å². The van der Waals surface area contributed by atoms with E-state index in [4.69, 9.17) is 9.47 Å². The van der Waals surface area contributed by atoms with Gasteiger partial charge in [-0.1, -0.05) is 0 Å². The Bertz CT molecular complexity index is 854. The third kappa shape index (κ3) is 4.32. The van der Waals surface area contributed by atoms with Crippen LogP contribution in [0.2, 0.25) is 0 Å². The monoisotopic (exact) mass is 387 g/mol. The van der Waals surface area contributed by atoms with Crippen molar-refractivity contribution in [2.75, 3.05) is 6.61 Å². The molecule has 0 unspecified atom stereocenters. The van der Waals surface area contributed by atoms with Gasteiger partial charge in [0.1, 0.15) is 11.3 Å². The number of carboxylic acid groups (broad SMARTS) is 1. The lowest BCUT2D eigenvalue weighted by atomic mass is 10.1. The Balaban J connectivity index is 2.61. The Morgan fingerprint density at radius 3 is 2.41 bits per heavy atom. The number of nitrogens with zero attached hydrogens (tertiary/aromatic N) is 3. The number of ether oxygens (including phenoxy) is 2. The first-order valence-corrected chi connectivity index (χ1v) is 8.07. The van der Waals surface area contributed by atoms with E-state index in [2.05, 4.69) is 10.1 Å². The Morgan fingerprint density at radius 2 is 1.93 bits per heavy atom. The van der Waals surface area contributed by atoms with Gasteiger partial charge in [-0.2, -0.15) is 18.3 Å². The van der Waals surface area contributed by atoms with E-state index in [1.807, 2.05) is 0 Å². The number of pyridine rings is 1. The van der Waals surface area contributed by atoms with E-state index in [0.717, 1.165) is 12.3 Å². The van der Waals surface area contributed by atoms with Gasteiger partial charge in [0.05, 0.1) is 18.3 Å². The average Bonchev–Trinajstić information content (AvgIpc) is 2.85. The summed E-state index contributed by atoms with van der Waals surface area (Å²) < 4.78 is 52.1. The smallest absolute Gasteiger partial charge is 0.421 e. The first-order valence-electron chi connectivity index (χ1n) is 8.07. The molecule has 0 saturated heterocycles. The van der Waals surface area contributed by atoms with Crippen molar-refractivity contribution >= 4 is 5.97 Å². The van der Waals surface area contributed by atoms with Crippen LogP contribution in [0.4, 0.5) is 13.2 Å². The second-order valence-corrected chi connectivity index (χ2v) is 6.72. The molecule has 10 heteroatoms. The van der Waals surface area contributed by atoms with Crippen LogP contribution in [0.5, 0.6) is 17.5 Å². The summed E-state index contributed by atoms with van der Waals surface area (Å²) in [6, 6.07) is 0.789. The second-order valence-electron chi connectivity index (χ2n) is 6.72. The number of halogens is 3. The van der Waals surface area contributed by atoms with E-state index in [9.17, 15) is 23.1 Å². The first kappa shape index (κ1) is 20.5. The number of aromatic nitrogens is 3. The maximum Gasteiger partial charge on any atom is 0.421 e. The van der Waals surface area contributed by atoms with E-state index >= 15 is 0 Å². The van der Waals surface area contributed by atoms with E-state index in [1.165, 1.54) is 11.6 Å². The van der Waals surface area contributed by atoms with Crippen LogP contribution in [-0.4, -0.2) is 32.4 Å². The van der Waals surface area contributed by atoms with Crippen molar-refractivity contribution in [1.82, 2.24) is 14.8 Å². The molecule has 0 amide bonds. The minimum absolute atomic E-state index is 0.0514. The van der Waals surface area contributed by atoms with Gasteiger partial charge in [-0.25, -0.2) is 14.5 Å². The molecule has 2 aromatic rings. The molecule has 0 aliphatic carbocycles. The van der Waals surface area contributed by atoms with Crippen LogP contribution in [0.15, 0.2) is 12.3 Å². The van der Waals surface area contributed by atoms with Crippen molar-refractivity contribution in [2.45, 2.75) is 46.3 Å². The Morgan fingerprint density at radius 1 is 1.30 bits per heavy atom. The Hall–Kier alpha value is -2.78. The van der Waals surface area contributed by atoms with Gasteiger partial charge in [-0.05, 0) is 40.7 Å². The third-order valence-corrected chi connectivity index (χ3v) is 3.54. The summed E-state index contributed by atoms with van der Waals surface area (Å²) in [5, 5.41) is 13.2. The first-order chi connectivity index (χ1) is 12.4. The largest absolute Gasteiger partial charge is 0.492 e. The Kier molecular flexibility index (Phi) is 5.39. The van der Waals surface area contributed by atoms with Crippen LogP contribution in [-0.2, 0) is 11.7 Å². The zero-order valence-electron chi connectivity index (χ0n) is 15.5. The highest BCUT2D eigenvalue weighted by molar-refractivity contribution is 5.87. The average molecular weight is 387 g/mol. The predicted octanol–water partition coefficient (Wildman–Crippen LogP) is 4.25. The minimum atomic E-state index is -4.74. The molecule has 0 bridgehead atoms. The second kappa shape index (κ2) is 7.09. The molecule has 7 nitrogen and oxygen atoms in total. The van der Waals surface area contributed by atoms with Crippen molar-refractivity contribution in [1.29, 1.82) is 0 Å². The van der Waals surface area contributed by atoms with Gasteiger partial charge in [-0.3, -0.25) is 0 Å². The fourth-order valence-electron chi connectivity index (χ4n) is 2.31. The van der Waals surface area contributed by atoms with Crippen LogP contribution in [0.1, 0.15) is 49.3 Å². The molecule has 0 radical (unpaired) electrons. The molecule has 27 heavy (non-hydrogen) atoms. The molecule has 2 heterocycles. The normalized spacial score (nSPS) is 12.1. The fraction of sp³-hybridized carbons (Fsp3) is 0.471. The van der Waals surface area contributed by atoms with Gasteiger partial charge in [0.2, 0.25) is 11.8 Å². The molecule has 0 aliphatic rings. The van der Waals surface area contributed by atoms with Gasteiger partial charge >= 0.3 is 12.1 Å². The van der Waals surface area contributed by atoms with Crippen LogP contribution in [0.3, 0.4) is 0 Å². The van der Waals surface area contributed by atoms with Crippen molar-refractivity contribution < 1.29 is 32.5 Å². The minimum Gasteiger partial charge on any atom is -0.492 e. The maximum absolute atomic E-state index is 13.4. The van der Waals surface area contributed by atoms with Gasteiger partial charge in [0.25, 0.3) is 0 Å². The summed E-state index contributed by atoms with van der Waals surface area (Å²) in [5.74, 6) is -2.20. The molecule has 2 aromatic heterocycles. The molecule has 0 fully saturated rings. The van der Waals surface area contributed by atoms with E-state index in [0.29, 0.717) is 0 Å². The fourth-order valence-corrected chi connectivity index (χ4v) is 2.31. The topological polar surface area (TPSA) is 86.5 Å². The molecule has 148 valence electrons. The van der Waals surface area contributed by atoms with Crippen LogP contribution in [0, 0.1) is 6.92 Å².